The minimum atomic E-state index is -3.97. The van der Waals surface area contributed by atoms with Gasteiger partial charge in [-0.2, -0.15) is 0 Å². The van der Waals surface area contributed by atoms with Gasteiger partial charge in [0.05, 0.1) is 14.2 Å². The molecular weight excluding hydrogens is 416 g/mol. The summed E-state index contributed by atoms with van der Waals surface area (Å²) in [5.41, 5.74) is 0.978. The van der Waals surface area contributed by atoms with E-state index >= 15 is 0 Å². The van der Waals surface area contributed by atoms with Crippen molar-refractivity contribution in [1.29, 1.82) is 0 Å². The summed E-state index contributed by atoms with van der Waals surface area (Å²) in [6.07, 6.45) is 3.65. The first kappa shape index (κ1) is 24.7. The molecule has 0 radical (unpaired) electrons. The summed E-state index contributed by atoms with van der Waals surface area (Å²) in [5, 5.41) is -1.27. The standard InChI is InChI=1S/C18H26N4O5S2/c1-8-14(26-6)15(12(3)25-5)21-18(28)22-29(23,24)13(4)16(27-7)17-19-9-11(2)10-20-17/h8-10,13,16H,1,3H2,2,4-7H3,(H2,21,22,28)/b15-14-/t13-,16-/m0/s1. The van der Waals surface area contributed by atoms with E-state index < -0.39 is 21.4 Å². The van der Waals surface area contributed by atoms with Crippen molar-refractivity contribution in [3.05, 3.63) is 60.2 Å². The number of thiol groups is 1. The van der Waals surface area contributed by atoms with Crippen molar-refractivity contribution in [1.82, 2.24) is 14.7 Å². The van der Waals surface area contributed by atoms with E-state index in [0.717, 1.165) is 5.56 Å². The fraction of sp³-hybridized carbons (Fsp3) is 0.389. The molecule has 1 rings (SSSR count). The molecule has 0 saturated heterocycles. The summed E-state index contributed by atoms with van der Waals surface area (Å²) in [4.78, 5) is 12.4. The number of ether oxygens (including phenoxy) is 3. The molecule has 29 heavy (non-hydrogen) atoms. The largest absolute Gasteiger partial charge is 0.495 e. The minimum Gasteiger partial charge on any atom is -0.495 e. The van der Waals surface area contributed by atoms with Gasteiger partial charge in [0, 0.05) is 19.5 Å². The number of allylic oxidation sites excluding steroid dienone is 1. The highest BCUT2D eigenvalue weighted by molar-refractivity contribution is 8.00. The Morgan fingerprint density at radius 1 is 1.28 bits per heavy atom. The molecule has 0 fully saturated rings. The average Bonchev–Trinajstić information content (AvgIpc) is 2.68. The van der Waals surface area contributed by atoms with Gasteiger partial charge >= 0.3 is 0 Å². The summed E-state index contributed by atoms with van der Waals surface area (Å²) in [6.45, 7) is 10.6. The number of aromatic nitrogens is 2. The summed E-state index contributed by atoms with van der Waals surface area (Å²) in [5.74, 6) is 0.622. The SMILES string of the molecule is C=C/C(OC)=C(/N=C(/S)NS(=O)(=O)[C@@H](C)[C@H](OC)c1ncc(C)cn1)C(=C)OC. The lowest BCUT2D eigenvalue weighted by Gasteiger charge is -2.22. The second kappa shape index (κ2) is 11.0. The van der Waals surface area contributed by atoms with Crippen LogP contribution in [0.3, 0.4) is 0 Å². The van der Waals surface area contributed by atoms with Crippen molar-refractivity contribution in [3.63, 3.8) is 0 Å². The Hall–Kier alpha value is -2.37. The maximum absolute atomic E-state index is 12.8. The first-order valence-electron chi connectivity index (χ1n) is 8.35. The second-order valence-electron chi connectivity index (χ2n) is 5.81. The van der Waals surface area contributed by atoms with Crippen molar-refractivity contribution in [2.45, 2.75) is 25.2 Å². The first-order chi connectivity index (χ1) is 13.6. The molecule has 0 spiro atoms. The van der Waals surface area contributed by atoms with Gasteiger partial charge < -0.3 is 14.2 Å². The van der Waals surface area contributed by atoms with E-state index in [4.69, 9.17) is 14.2 Å². The molecule has 0 aliphatic rings. The first-order valence-corrected chi connectivity index (χ1v) is 10.3. The van der Waals surface area contributed by atoms with Crippen LogP contribution in [0.1, 0.15) is 24.4 Å². The molecule has 1 aromatic heterocycles. The molecule has 0 aromatic carbocycles. The fourth-order valence-corrected chi connectivity index (χ4v) is 3.72. The molecule has 11 heteroatoms. The number of aryl methyl sites for hydroxylation is 1. The third kappa shape index (κ3) is 6.58. The molecule has 1 heterocycles. The van der Waals surface area contributed by atoms with Crippen LogP contribution in [0.5, 0.6) is 0 Å². The van der Waals surface area contributed by atoms with Crippen LogP contribution in [0, 0.1) is 6.92 Å². The van der Waals surface area contributed by atoms with Crippen LogP contribution < -0.4 is 4.72 Å². The highest BCUT2D eigenvalue weighted by Gasteiger charge is 2.33. The van der Waals surface area contributed by atoms with E-state index in [1.807, 2.05) is 6.92 Å². The Labute approximate surface area is 177 Å². The summed E-state index contributed by atoms with van der Waals surface area (Å²) < 4.78 is 43.5. The van der Waals surface area contributed by atoms with Crippen LogP contribution in [-0.2, 0) is 24.2 Å². The zero-order valence-corrected chi connectivity index (χ0v) is 18.8. The third-order valence-electron chi connectivity index (χ3n) is 3.83. The molecule has 0 saturated carbocycles. The van der Waals surface area contributed by atoms with Crippen LogP contribution in [0.15, 0.2) is 53.8 Å². The normalized spacial score (nSPS) is 15.0. The number of methoxy groups -OCH3 is 3. The van der Waals surface area contributed by atoms with E-state index in [2.05, 4.69) is 45.5 Å². The average molecular weight is 443 g/mol. The van der Waals surface area contributed by atoms with Gasteiger partial charge in [-0.1, -0.05) is 13.2 Å². The zero-order chi connectivity index (χ0) is 22.2. The van der Waals surface area contributed by atoms with Gasteiger partial charge in [-0.15, -0.1) is 12.6 Å². The highest BCUT2D eigenvalue weighted by atomic mass is 32.2. The fourth-order valence-electron chi connectivity index (χ4n) is 2.20. The quantitative estimate of drug-likeness (QED) is 0.188. The number of sulfonamides is 1. The van der Waals surface area contributed by atoms with Gasteiger partial charge in [0.25, 0.3) is 0 Å². The molecule has 0 amide bonds. The predicted molar refractivity (Wildman–Crippen MR) is 115 cm³/mol. The molecule has 0 aliphatic carbocycles. The van der Waals surface area contributed by atoms with Gasteiger partial charge in [-0.3, -0.25) is 4.72 Å². The van der Waals surface area contributed by atoms with Gasteiger partial charge in [0.15, 0.2) is 11.0 Å². The van der Waals surface area contributed by atoms with Gasteiger partial charge in [-0.05, 0) is 25.5 Å². The smallest absolute Gasteiger partial charge is 0.239 e. The van der Waals surface area contributed by atoms with Crippen molar-refractivity contribution < 1.29 is 22.6 Å². The third-order valence-corrected chi connectivity index (χ3v) is 5.89. The van der Waals surface area contributed by atoms with Crippen LogP contribution in [0.4, 0.5) is 0 Å². The van der Waals surface area contributed by atoms with Gasteiger partial charge in [0.2, 0.25) is 10.0 Å². The number of nitrogens with one attached hydrogen (secondary N) is 1. The van der Waals surface area contributed by atoms with Crippen molar-refractivity contribution in [2.75, 3.05) is 21.3 Å². The molecule has 1 aromatic rings. The Bertz CT molecular complexity index is 895. The molecule has 0 aliphatic heterocycles. The van der Waals surface area contributed by atoms with Crippen LogP contribution >= 0.6 is 12.6 Å². The highest BCUT2D eigenvalue weighted by Crippen LogP contribution is 2.23. The van der Waals surface area contributed by atoms with Gasteiger partial charge in [-0.25, -0.2) is 23.4 Å². The lowest BCUT2D eigenvalue weighted by molar-refractivity contribution is 0.0947. The maximum atomic E-state index is 12.8. The monoisotopic (exact) mass is 442 g/mol. The Balaban J connectivity index is 3.19. The summed E-state index contributed by atoms with van der Waals surface area (Å²) in [7, 11) is 0.214. The molecule has 2 atom stereocenters. The van der Waals surface area contributed by atoms with Crippen LogP contribution in [0.25, 0.3) is 0 Å². The van der Waals surface area contributed by atoms with E-state index in [-0.39, 0.29) is 28.2 Å². The molecule has 1 N–H and O–H groups in total. The van der Waals surface area contributed by atoms with E-state index in [9.17, 15) is 8.42 Å². The number of aliphatic imine (C=N–C) groups is 1. The number of rotatable bonds is 10. The Kier molecular flexibility index (Phi) is 9.34. The lowest BCUT2D eigenvalue weighted by atomic mass is 10.2. The number of hydrogen-bond donors (Lipinski definition) is 2. The van der Waals surface area contributed by atoms with Crippen LogP contribution in [0.2, 0.25) is 0 Å². The zero-order valence-electron chi connectivity index (χ0n) is 17.0. The van der Waals surface area contributed by atoms with Crippen molar-refractivity contribution in [2.24, 2.45) is 4.99 Å². The summed E-state index contributed by atoms with van der Waals surface area (Å²) in [6, 6.07) is 0. The predicted octanol–water partition coefficient (Wildman–Crippen LogP) is 2.27. The topological polar surface area (TPSA) is 112 Å². The summed E-state index contributed by atoms with van der Waals surface area (Å²) >= 11 is 4.13. The van der Waals surface area contributed by atoms with Crippen molar-refractivity contribution in [3.8, 4) is 0 Å². The van der Waals surface area contributed by atoms with Gasteiger partial charge in [0.1, 0.15) is 28.6 Å². The van der Waals surface area contributed by atoms with Crippen molar-refractivity contribution >= 4 is 27.8 Å². The molecular formula is C18H26N4O5S2. The number of amidine groups is 1. The maximum Gasteiger partial charge on any atom is 0.239 e. The lowest BCUT2D eigenvalue weighted by Crippen LogP contribution is -2.39. The van der Waals surface area contributed by atoms with Crippen LogP contribution in [-0.4, -0.2) is 50.1 Å². The second-order valence-corrected chi connectivity index (χ2v) is 8.27. The molecule has 160 valence electrons. The van der Waals surface area contributed by atoms with E-state index in [0.29, 0.717) is 0 Å². The Morgan fingerprint density at radius 2 is 1.86 bits per heavy atom. The Morgan fingerprint density at radius 3 is 2.31 bits per heavy atom. The molecule has 0 bridgehead atoms. The molecule has 9 nitrogen and oxygen atoms in total. The van der Waals surface area contributed by atoms with E-state index in [1.54, 1.807) is 12.4 Å². The minimum absolute atomic E-state index is 0.135. The number of nitrogens with zero attached hydrogens (tertiary/aromatic N) is 3. The molecule has 0 unspecified atom stereocenters. The van der Waals surface area contributed by atoms with E-state index in [1.165, 1.54) is 34.3 Å². The number of hydrogen-bond acceptors (Lipinski definition) is 8.